The third-order valence-electron chi connectivity index (χ3n) is 2.61. The largest absolute Gasteiger partial charge is 0.253 e. The van der Waals surface area contributed by atoms with E-state index in [9.17, 15) is 8.78 Å². The van der Waals surface area contributed by atoms with E-state index in [1.807, 2.05) is 25.1 Å². The van der Waals surface area contributed by atoms with Gasteiger partial charge in [0.05, 0.1) is 17.0 Å². The second-order valence-electron chi connectivity index (χ2n) is 3.84. The van der Waals surface area contributed by atoms with Crippen molar-refractivity contribution in [2.45, 2.75) is 13.3 Å². The number of para-hydroxylation sites is 1. The molecule has 2 aromatic carbocycles. The quantitative estimate of drug-likeness (QED) is 0.706. The van der Waals surface area contributed by atoms with Gasteiger partial charge in [0.2, 0.25) is 0 Å². The number of nitrogens with zero attached hydrogens (tertiary/aromatic N) is 1. The molecule has 0 unspecified atom stereocenters. The lowest BCUT2D eigenvalue weighted by Crippen LogP contribution is -2.05. The van der Waals surface area contributed by atoms with E-state index in [-0.39, 0.29) is 5.56 Å². The molecule has 2 rings (SSSR count). The van der Waals surface area contributed by atoms with Crippen molar-refractivity contribution in [2.75, 3.05) is 0 Å². The monoisotopic (exact) mass is 245 g/mol. The molecule has 0 N–H and O–H groups in total. The molecule has 3 heteroatoms. The van der Waals surface area contributed by atoms with Gasteiger partial charge in [0.1, 0.15) is 11.6 Å². The van der Waals surface area contributed by atoms with Gasteiger partial charge in [-0.1, -0.05) is 31.2 Å². The van der Waals surface area contributed by atoms with Crippen LogP contribution in [0.1, 0.15) is 18.9 Å². The molecule has 0 heterocycles. The summed E-state index contributed by atoms with van der Waals surface area (Å²) in [4.78, 5) is 4.31. The Kier molecular flexibility index (Phi) is 3.82. The van der Waals surface area contributed by atoms with E-state index in [2.05, 4.69) is 4.99 Å². The molecule has 92 valence electrons. The highest BCUT2D eigenvalue weighted by Crippen LogP contribution is 2.19. The van der Waals surface area contributed by atoms with Gasteiger partial charge in [-0.05, 0) is 30.7 Å². The Morgan fingerprint density at radius 1 is 0.944 bits per heavy atom. The Hall–Kier alpha value is -2.03. The van der Waals surface area contributed by atoms with Gasteiger partial charge in [-0.2, -0.15) is 0 Å². The minimum Gasteiger partial charge on any atom is -0.253 e. The number of aliphatic imine (C=N–C) groups is 1. The first kappa shape index (κ1) is 12.4. The standard InChI is InChI=1S/C15H13F2N/c1-2-14(18-11-7-4-3-5-8-11)15-12(16)9-6-10-13(15)17/h3-10H,2H2,1H3/b18-14+. The highest BCUT2D eigenvalue weighted by atomic mass is 19.1. The van der Waals surface area contributed by atoms with Gasteiger partial charge in [0.15, 0.2) is 0 Å². The number of hydrogen-bond donors (Lipinski definition) is 0. The second kappa shape index (κ2) is 5.54. The summed E-state index contributed by atoms with van der Waals surface area (Å²) >= 11 is 0. The minimum absolute atomic E-state index is 0.0381. The van der Waals surface area contributed by atoms with E-state index in [0.29, 0.717) is 17.8 Å². The summed E-state index contributed by atoms with van der Waals surface area (Å²) in [5.41, 5.74) is 1.07. The molecule has 0 aliphatic carbocycles. The summed E-state index contributed by atoms with van der Waals surface area (Å²) in [7, 11) is 0. The molecule has 0 aromatic heterocycles. The van der Waals surface area contributed by atoms with E-state index >= 15 is 0 Å². The lowest BCUT2D eigenvalue weighted by Gasteiger charge is -2.07. The highest BCUT2D eigenvalue weighted by molar-refractivity contribution is 6.02. The van der Waals surface area contributed by atoms with Crippen molar-refractivity contribution in [2.24, 2.45) is 4.99 Å². The van der Waals surface area contributed by atoms with Crippen molar-refractivity contribution < 1.29 is 8.78 Å². The molecule has 1 nitrogen and oxygen atoms in total. The van der Waals surface area contributed by atoms with Gasteiger partial charge >= 0.3 is 0 Å². The third kappa shape index (κ3) is 2.62. The Balaban J connectivity index is 2.49. The molecule has 2 aromatic rings. The van der Waals surface area contributed by atoms with Crippen LogP contribution in [0.25, 0.3) is 0 Å². The number of hydrogen-bond acceptors (Lipinski definition) is 1. The fourth-order valence-electron chi connectivity index (χ4n) is 1.74. The van der Waals surface area contributed by atoms with Crippen LogP contribution in [0.3, 0.4) is 0 Å². The fraction of sp³-hybridized carbons (Fsp3) is 0.133. The third-order valence-corrected chi connectivity index (χ3v) is 2.61. The second-order valence-corrected chi connectivity index (χ2v) is 3.84. The lowest BCUT2D eigenvalue weighted by molar-refractivity contribution is 0.578. The number of benzene rings is 2. The van der Waals surface area contributed by atoms with Crippen LogP contribution in [-0.4, -0.2) is 5.71 Å². The summed E-state index contributed by atoms with van der Waals surface area (Å²) in [5.74, 6) is -1.15. The SMILES string of the molecule is CC/C(=N\c1ccccc1)c1c(F)cccc1F. The number of halogens is 2. The van der Waals surface area contributed by atoms with Gasteiger partial charge in [0, 0.05) is 0 Å². The summed E-state index contributed by atoms with van der Waals surface area (Å²) in [6.07, 6.45) is 0.465. The topological polar surface area (TPSA) is 12.4 Å². The van der Waals surface area contributed by atoms with Crippen LogP contribution in [0.5, 0.6) is 0 Å². The van der Waals surface area contributed by atoms with Crippen molar-refractivity contribution in [1.29, 1.82) is 0 Å². The van der Waals surface area contributed by atoms with Crippen LogP contribution in [0.2, 0.25) is 0 Å². The first-order valence-corrected chi connectivity index (χ1v) is 5.79. The zero-order valence-electron chi connectivity index (χ0n) is 10.0. The summed E-state index contributed by atoms with van der Waals surface area (Å²) < 4.78 is 27.3. The normalized spacial score (nSPS) is 11.6. The minimum atomic E-state index is -0.577. The van der Waals surface area contributed by atoms with Crippen LogP contribution >= 0.6 is 0 Å². The van der Waals surface area contributed by atoms with Crippen LogP contribution in [-0.2, 0) is 0 Å². The van der Waals surface area contributed by atoms with Crippen molar-refractivity contribution in [3.63, 3.8) is 0 Å². The maximum atomic E-state index is 13.7. The van der Waals surface area contributed by atoms with Gasteiger partial charge < -0.3 is 0 Å². The van der Waals surface area contributed by atoms with Crippen LogP contribution in [0.4, 0.5) is 14.5 Å². The van der Waals surface area contributed by atoms with E-state index in [1.54, 1.807) is 12.1 Å². The zero-order valence-corrected chi connectivity index (χ0v) is 10.0. The van der Waals surface area contributed by atoms with Crippen molar-refractivity contribution in [3.05, 3.63) is 65.7 Å². The van der Waals surface area contributed by atoms with Gasteiger partial charge in [-0.3, -0.25) is 4.99 Å². The first-order chi connectivity index (χ1) is 8.72. The van der Waals surface area contributed by atoms with Crippen molar-refractivity contribution in [1.82, 2.24) is 0 Å². The molecule has 0 radical (unpaired) electrons. The Bertz CT molecular complexity index is 542. The molecular formula is C15H13F2N. The van der Waals surface area contributed by atoms with E-state index < -0.39 is 11.6 Å². The van der Waals surface area contributed by atoms with Gasteiger partial charge in [0.25, 0.3) is 0 Å². The molecule has 18 heavy (non-hydrogen) atoms. The molecule has 0 bridgehead atoms. The predicted molar refractivity (Wildman–Crippen MR) is 69.3 cm³/mol. The van der Waals surface area contributed by atoms with Crippen LogP contribution < -0.4 is 0 Å². The average molecular weight is 245 g/mol. The molecule has 0 fully saturated rings. The molecule has 0 aliphatic rings. The Morgan fingerprint density at radius 3 is 2.11 bits per heavy atom. The van der Waals surface area contributed by atoms with Crippen LogP contribution in [0, 0.1) is 11.6 Å². The van der Waals surface area contributed by atoms with E-state index in [1.165, 1.54) is 18.2 Å². The van der Waals surface area contributed by atoms with E-state index in [4.69, 9.17) is 0 Å². The summed E-state index contributed by atoms with van der Waals surface area (Å²) in [5, 5.41) is 0. The summed E-state index contributed by atoms with van der Waals surface area (Å²) in [6.45, 7) is 1.83. The van der Waals surface area contributed by atoms with Gasteiger partial charge in [-0.15, -0.1) is 0 Å². The molecule has 0 spiro atoms. The van der Waals surface area contributed by atoms with Crippen LogP contribution in [0.15, 0.2) is 53.5 Å². The molecular weight excluding hydrogens is 232 g/mol. The number of rotatable bonds is 3. The average Bonchev–Trinajstić information content (AvgIpc) is 2.38. The predicted octanol–water partition coefficient (Wildman–Crippen LogP) is 4.50. The summed E-state index contributed by atoms with van der Waals surface area (Å²) in [6, 6.07) is 13.0. The van der Waals surface area contributed by atoms with Crippen molar-refractivity contribution in [3.8, 4) is 0 Å². The molecule has 0 atom stereocenters. The molecule has 0 saturated heterocycles. The van der Waals surface area contributed by atoms with E-state index in [0.717, 1.165) is 0 Å². The Morgan fingerprint density at radius 2 is 1.56 bits per heavy atom. The molecule has 0 aliphatic heterocycles. The smallest absolute Gasteiger partial charge is 0.135 e. The molecule has 0 amide bonds. The lowest BCUT2D eigenvalue weighted by atomic mass is 10.1. The first-order valence-electron chi connectivity index (χ1n) is 5.79. The maximum absolute atomic E-state index is 13.7. The maximum Gasteiger partial charge on any atom is 0.135 e. The van der Waals surface area contributed by atoms with Gasteiger partial charge in [-0.25, -0.2) is 8.78 Å². The molecule has 0 saturated carbocycles. The highest BCUT2D eigenvalue weighted by Gasteiger charge is 2.13. The van der Waals surface area contributed by atoms with Crippen molar-refractivity contribution >= 4 is 11.4 Å². The Labute approximate surface area is 105 Å². The zero-order chi connectivity index (χ0) is 13.0. The fourth-order valence-corrected chi connectivity index (χ4v) is 1.74.